The molecule has 7 heteroatoms. The van der Waals surface area contributed by atoms with Crippen molar-refractivity contribution < 1.29 is 24.2 Å². The quantitative estimate of drug-likeness (QED) is 0.258. The van der Waals surface area contributed by atoms with Crippen LogP contribution in [-0.2, 0) is 25.7 Å². The number of ether oxygens (including phenoxy) is 1. The number of hydrogen-bond acceptors (Lipinski definition) is 5. The molecular formula is C25H32N2O5. The van der Waals surface area contributed by atoms with Crippen molar-refractivity contribution in [3.05, 3.63) is 78.7 Å². The summed E-state index contributed by atoms with van der Waals surface area (Å²) in [6, 6.07) is 7.95. The molecular weight excluding hydrogens is 408 g/mol. The fourth-order valence-electron chi connectivity index (χ4n) is 3.03. The first-order chi connectivity index (χ1) is 15.4. The molecule has 0 aliphatic heterocycles. The lowest BCUT2D eigenvalue weighted by molar-refractivity contribution is -0.123. The average Bonchev–Trinajstić information content (AvgIpc) is 2.81. The highest BCUT2D eigenvalue weighted by atomic mass is 16.5. The lowest BCUT2D eigenvalue weighted by atomic mass is 9.91. The number of likely N-dealkylation sites (N-methyl/N-ethyl adjacent to an activating group) is 1. The number of carbonyl (C=O) groups is 3. The first kappa shape index (κ1) is 28.3. The Morgan fingerprint density at radius 2 is 1.94 bits per heavy atom. The van der Waals surface area contributed by atoms with Crippen LogP contribution in [0.15, 0.2) is 61.9 Å². The van der Waals surface area contributed by atoms with Gasteiger partial charge in [-0.2, -0.15) is 0 Å². The van der Waals surface area contributed by atoms with Gasteiger partial charge in [-0.15, -0.1) is 13.2 Å². The van der Waals surface area contributed by atoms with Gasteiger partial charge in [0.05, 0.1) is 11.4 Å². The van der Waals surface area contributed by atoms with Crippen LogP contribution in [0.2, 0.25) is 0 Å². The molecule has 7 nitrogen and oxygen atoms in total. The maximum atomic E-state index is 12.3. The van der Waals surface area contributed by atoms with Crippen LogP contribution in [0.3, 0.4) is 0 Å². The van der Waals surface area contributed by atoms with Crippen molar-refractivity contribution in [2.45, 2.75) is 39.2 Å². The monoisotopic (exact) mass is 440 g/mol. The molecule has 1 heterocycles. The number of carbonyl (C=O) groups excluding carboxylic acids is 2. The maximum Gasteiger partial charge on any atom is 0.290 e. The maximum absolute atomic E-state index is 12.3. The van der Waals surface area contributed by atoms with Gasteiger partial charge in [0, 0.05) is 24.5 Å². The normalized spacial score (nSPS) is 11.0. The Kier molecular flexibility index (Phi) is 14.1. The number of pyridine rings is 1. The van der Waals surface area contributed by atoms with Crippen LogP contribution in [0, 0.1) is 6.92 Å². The first-order valence-electron chi connectivity index (χ1n) is 10.00. The van der Waals surface area contributed by atoms with Crippen molar-refractivity contribution in [1.29, 1.82) is 0 Å². The number of nitrogens with one attached hydrogen (secondary N) is 1. The van der Waals surface area contributed by atoms with E-state index in [9.17, 15) is 9.59 Å². The number of aryl methyl sites for hydroxylation is 1. The molecule has 0 bridgehead atoms. The van der Waals surface area contributed by atoms with Crippen LogP contribution < -0.4 is 5.32 Å². The lowest BCUT2D eigenvalue weighted by Crippen LogP contribution is -2.26. The molecule has 0 spiro atoms. The predicted molar refractivity (Wildman–Crippen MR) is 127 cm³/mol. The number of amides is 1. The second-order valence-electron chi connectivity index (χ2n) is 6.39. The molecule has 1 aromatic carbocycles. The summed E-state index contributed by atoms with van der Waals surface area (Å²) in [4.78, 5) is 36.1. The van der Waals surface area contributed by atoms with E-state index in [4.69, 9.17) is 19.6 Å². The standard InChI is InChI=1S/C22H26N2O3.C2H4.CH2O2/c1-5-18(6-2)27-14-16-9-10-17-13-20(15(3)24-21(17)12-16)19(8-7-11-25)22(26)23-4;1-2;2-1-3/h5-6,9-13,19H,1,7-8,14H2,2-4H3,(H,23,26);1-2H2;1H,(H,2,3)/b18-6+;;. The van der Waals surface area contributed by atoms with Gasteiger partial charge in [0.25, 0.3) is 6.47 Å². The third-order valence-electron chi connectivity index (χ3n) is 4.51. The fourth-order valence-corrected chi connectivity index (χ4v) is 3.03. The highest BCUT2D eigenvalue weighted by Crippen LogP contribution is 2.27. The molecule has 2 N–H and O–H groups in total. The molecule has 172 valence electrons. The van der Waals surface area contributed by atoms with E-state index in [1.165, 1.54) is 0 Å². The summed E-state index contributed by atoms with van der Waals surface area (Å²) in [6.45, 7) is 13.7. The Morgan fingerprint density at radius 1 is 1.28 bits per heavy atom. The van der Waals surface area contributed by atoms with Gasteiger partial charge in [0.15, 0.2) is 0 Å². The van der Waals surface area contributed by atoms with Gasteiger partial charge >= 0.3 is 0 Å². The fraction of sp³-hybridized carbons (Fsp3) is 0.280. The molecule has 1 amide bonds. The van der Waals surface area contributed by atoms with Crippen molar-refractivity contribution in [1.82, 2.24) is 10.3 Å². The Labute approximate surface area is 189 Å². The Morgan fingerprint density at radius 3 is 2.47 bits per heavy atom. The molecule has 1 aromatic heterocycles. The Balaban J connectivity index is 0.00000177. The van der Waals surface area contributed by atoms with Gasteiger partial charge in [-0.25, -0.2) is 0 Å². The number of allylic oxidation sites excluding steroid dienone is 2. The van der Waals surface area contributed by atoms with E-state index in [0.29, 0.717) is 19.4 Å². The average molecular weight is 441 g/mol. The summed E-state index contributed by atoms with van der Waals surface area (Å²) >= 11 is 0. The third kappa shape index (κ3) is 8.55. The SMILES string of the molecule is C=C.C=C/C(=C\C)OCc1ccc2cc(C(CCC=O)C(=O)NC)c(C)nc2c1.O=CO. The Bertz CT molecular complexity index is 937. The third-order valence-corrected chi connectivity index (χ3v) is 4.51. The summed E-state index contributed by atoms with van der Waals surface area (Å²) in [5, 5.41) is 10.5. The molecule has 0 saturated carbocycles. The van der Waals surface area contributed by atoms with Gasteiger partial charge in [-0.05, 0) is 55.7 Å². The molecule has 32 heavy (non-hydrogen) atoms. The van der Waals surface area contributed by atoms with E-state index in [-0.39, 0.29) is 18.3 Å². The van der Waals surface area contributed by atoms with Gasteiger partial charge in [0.2, 0.25) is 5.91 Å². The van der Waals surface area contributed by atoms with E-state index in [1.807, 2.05) is 44.2 Å². The molecule has 1 atom stereocenters. The number of aldehydes is 1. The minimum Gasteiger partial charge on any atom is -0.489 e. The predicted octanol–water partition coefficient (Wildman–Crippen LogP) is 4.46. The van der Waals surface area contributed by atoms with Crippen LogP contribution in [0.4, 0.5) is 0 Å². The van der Waals surface area contributed by atoms with Gasteiger partial charge in [-0.3, -0.25) is 14.6 Å². The van der Waals surface area contributed by atoms with E-state index in [0.717, 1.165) is 39.8 Å². The van der Waals surface area contributed by atoms with Crippen molar-refractivity contribution in [3.63, 3.8) is 0 Å². The van der Waals surface area contributed by atoms with Crippen LogP contribution in [0.5, 0.6) is 0 Å². The molecule has 0 saturated heterocycles. The van der Waals surface area contributed by atoms with Crippen LogP contribution in [-0.4, -0.2) is 35.8 Å². The summed E-state index contributed by atoms with van der Waals surface area (Å²) in [6.07, 6.45) is 5.18. The zero-order chi connectivity index (χ0) is 24.5. The second kappa shape index (κ2) is 16.0. The summed E-state index contributed by atoms with van der Waals surface area (Å²) in [7, 11) is 1.61. The minimum atomic E-state index is -0.384. The molecule has 0 radical (unpaired) electrons. The first-order valence-corrected chi connectivity index (χ1v) is 10.00. The highest BCUT2D eigenvalue weighted by molar-refractivity contribution is 5.87. The van der Waals surface area contributed by atoms with Gasteiger partial charge in [0.1, 0.15) is 18.7 Å². The van der Waals surface area contributed by atoms with Crippen molar-refractivity contribution in [2.24, 2.45) is 0 Å². The van der Waals surface area contributed by atoms with Crippen LogP contribution in [0.1, 0.15) is 42.5 Å². The number of nitrogens with zero attached hydrogens (tertiary/aromatic N) is 1. The van der Waals surface area contributed by atoms with E-state index < -0.39 is 0 Å². The number of carboxylic acid groups (broad SMARTS) is 1. The lowest BCUT2D eigenvalue weighted by Gasteiger charge is -2.17. The Hall–Kier alpha value is -3.74. The van der Waals surface area contributed by atoms with Gasteiger partial charge in [-0.1, -0.05) is 18.7 Å². The molecule has 0 aliphatic carbocycles. The summed E-state index contributed by atoms with van der Waals surface area (Å²) in [5.74, 6) is 0.248. The molecule has 0 fully saturated rings. The van der Waals surface area contributed by atoms with Crippen molar-refractivity contribution >= 4 is 29.6 Å². The minimum absolute atomic E-state index is 0.102. The summed E-state index contributed by atoms with van der Waals surface area (Å²) < 4.78 is 5.69. The largest absolute Gasteiger partial charge is 0.489 e. The van der Waals surface area contributed by atoms with Crippen molar-refractivity contribution in [2.75, 3.05) is 7.05 Å². The molecule has 2 aromatic rings. The van der Waals surface area contributed by atoms with Crippen LogP contribution in [0.25, 0.3) is 10.9 Å². The molecule has 1 unspecified atom stereocenters. The topological polar surface area (TPSA) is 106 Å². The number of hydrogen-bond donors (Lipinski definition) is 2. The number of benzene rings is 1. The van der Waals surface area contributed by atoms with E-state index in [2.05, 4.69) is 25.1 Å². The van der Waals surface area contributed by atoms with Crippen LogP contribution >= 0.6 is 0 Å². The van der Waals surface area contributed by atoms with E-state index in [1.54, 1.807) is 13.1 Å². The van der Waals surface area contributed by atoms with E-state index >= 15 is 0 Å². The highest BCUT2D eigenvalue weighted by Gasteiger charge is 2.22. The smallest absolute Gasteiger partial charge is 0.290 e. The zero-order valence-electron chi connectivity index (χ0n) is 19.0. The number of rotatable bonds is 9. The van der Waals surface area contributed by atoms with Crippen molar-refractivity contribution in [3.8, 4) is 0 Å². The second-order valence-corrected chi connectivity index (χ2v) is 6.39. The number of fused-ring (bicyclic) bond motifs is 1. The van der Waals surface area contributed by atoms with Gasteiger partial charge < -0.3 is 20.0 Å². The zero-order valence-corrected chi connectivity index (χ0v) is 19.0. The molecule has 2 rings (SSSR count). The number of aromatic nitrogens is 1. The summed E-state index contributed by atoms with van der Waals surface area (Å²) in [5.41, 5.74) is 3.51. The molecule has 0 aliphatic rings.